The van der Waals surface area contributed by atoms with Gasteiger partial charge in [-0.05, 0) is 42.5 Å². The van der Waals surface area contributed by atoms with Gasteiger partial charge in [0.2, 0.25) is 0 Å². The molecule has 86 valence electrons. The maximum atomic E-state index is 8.96. The molecular formula is C13H12ClN3. The minimum absolute atomic E-state index is 0.283. The summed E-state index contributed by atoms with van der Waals surface area (Å²) in [4.78, 5) is 4.08. The minimum Gasteiger partial charge on any atom is -0.310 e. The van der Waals surface area contributed by atoms with Crippen molar-refractivity contribution in [3.8, 4) is 6.07 Å². The summed E-state index contributed by atoms with van der Waals surface area (Å²) in [6.45, 7) is 1.08. The zero-order chi connectivity index (χ0) is 11.8. The summed E-state index contributed by atoms with van der Waals surface area (Å²) >= 11 is 5.85. The molecule has 0 spiro atoms. The van der Waals surface area contributed by atoms with E-state index in [2.05, 4.69) is 22.4 Å². The Hall–Kier alpha value is -1.37. The second-order valence-electron chi connectivity index (χ2n) is 4.55. The molecule has 2 aliphatic rings. The number of nitrogens with one attached hydrogen (secondary N) is 1. The van der Waals surface area contributed by atoms with E-state index in [1.807, 2.05) is 6.07 Å². The SMILES string of the molecule is N#Cc1cc(C2=CCC3CCNC23)cnc1Cl. The van der Waals surface area contributed by atoms with Gasteiger partial charge in [-0.2, -0.15) is 5.26 Å². The Kier molecular flexibility index (Phi) is 2.62. The van der Waals surface area contributed by atoms with Crippen molar-refractivity contribution in [3.05, 3.63) is 34.6 Å². The van der Waals surface area contributed by atoms with E-state index >= 15 is 0 Å². The molecule has 4 heteroatoms. The van der Waals surface area contributed by atoms with Crippen LogP contribution in [0.25, 0.3) is 5.57 Å². The van der Waals surface area contributed by atoms with Crippen LogP contribution in [-0.4, -0.2) is 17.6 Å². The largest absolute Gasteiger partial charge is 0.310 e. The molecule has 0 saturated carbocycles. The molecule has 1 N–H and O–H groups in total. The first-order chi connectivity index (χ1) is 8.29. The van der Waals surface area contributed by atoms with Gasteiger partial charge >= 0.3 is 0 Å². The van der Waals surface area contributed by atoms with Crippen LogP contribution in [0, 0.1) is 17.2 Å². The van der Waals surface area contributed by atoms with Crippen LogP contribution in [0.5, 0.6) is 0 Å². The first-order valence-corrected chi connectivity index (χ1v) is 6.17. The van der Waals surface area contributed by atoms with Crippen molar-refractivity contribution in [1.29, 1.82) is 5.26 Å². The molecular weight excluding hydrogens is 234 g/mol. The molecule has 3 rings (SSSR count). The summed E-state index contributed by atoms with van der Waals surface area (Å²) in [7, 11) is 0. The number of fused-ring (bicyclic) bond motifs is 1. The van der Waals surface area contributed by atoms with E-state index in [1.165, 1.54) is 12.0 Å². The van der Waals surface area contributed by atoms with E-state index < -0.39 is 0 Å². The molecule has 0 amide bonds. The van der Waals surface area contributed by atoms with Crippen molar-refractivity contribution < 1.29 is 0 Å². The number of nitrogens with zero attached hydrogens (tertiary/aromatic N) is 2. The molecule has 2 atom stereocenters. The summed E-state index contributed by atoms with van der Waals surface area (Å²) in [6, 6.07) is 4.35. The highest BCUT2D eigenvalue weighted by atomic mass is 35.5. The monoisotopic (exact) mass is 245 g/mol. The van der Waals surface area contributed by atoms with E-state index in [9.17, 15) is 0 Å². The zero-order valence-electron chi connectivity index (χ0n) is 9.28. The second-order valence-corrected chi connectivity index (χ2v) is 4.91. The number of hydrogen-bond donors (Lipinski definition) is 1. The van der Waals surface area contributed by atoms with Crippen molar-refractivity contribution in [1.82, 2.24) is 10.3 Å². The number of allylic oxidation sites excluding steroid dienone is 1. The lowest BCUT2D eigenvalue weighted by atomic mass is 9.97. The average Bonchev–Trinajstić information content (AvgIpc) is 2.92. The van der Waals surface area contributed by atoms with Crippen LogP contribution < -0.4 is 5.32 Å². The van der Waals surface area contributed by atoms with Gasteiger partial charge in [0.15, 0.2) is 0 Å². The maximum absolute atomic E-state index is 8.96. The molecule has 1 fully saturated rings. The van der Waals surface area contributed by atoms with Crippen LogP contribution in [0.15, 0.2) is 18.3 Å². The fraction of sp³-hybridized carbons (Fsp3) is 0.385. The maximum Gasteiger partial charge on any atom is 0.146 e. The van der Waals surface area contributed by atoms with Crippen molar-refractivity contribution in [2.24, 2.45) is 5.92 Å². The number of aromatic nitrogens is 1. The van der Waals surface area contributed by atoms with Crippen LogP contribution >= 0.6 is 11.6 Å². The number of nitriles is 1. The summed E-state index contributed by atoms with van der Waals surface area (Å²) in [6.07, 6.45) is 6.37. The Labute approximate surface area is 105 Å². The molecule has 0 aromatic carbocycles. The molecule has 1 aromatic rings. The lowest BCUT2D eigenvalue weighted by Gasteiger charge is -2.15. The molecule has 1 aliphatic carbocycles. The predicted molar refractivity (Wildman–Crippen MR) is 66.5 cm³/mol. The first kappa shape index (κ1) is 10.8. The smallest absolute Gasteiger partial charge is 0.146 e. The second kappa shape index (κ2) is 4.14. The van der Waals surface area contributed by atoms with Gasteiger partial charge in [-0.1, -0.05) is 17.7 Å². The highest BCUT2D eigenvalue weighted by Crippen LogP contribution is 2.37. The number of rotatable bonds is 1. The van der Waals surface area contributed by atoms with E-state index in [0.717, 1.165) is 18.5 Å². The average molecular weight is 246 g/mol. The van der Waals surface area contributed by atoms with Crippen LogP contribution in [0.1, 0.15) is 24.0 Å². The van der Waals surface area contributed by atoms with E-state index in [0.29, 0.717) is 17.5 Å². The van der Waals surface area contributed by atoms with Gasteiger partial charge in [-0.25, -0.2) is 4.98 Å². The lowest BCUT2D eigenvalue weighted by Crippen LogP contribution is -2.24. The van der Waals surface area contributed by atoms with Crippen LogP contribution in [0.2, 0.25) is 5.15 Å². The molecule has 3 nitrogen and oxygen atoms in total. The van der Waals surface area contributed by atoms with Crippen molar-refractivity contribution in [2.45, 2.75) is 18.9 Å². The van der Waals surface area contributed by atoms with Crippen molar-refractivity contribution in [3.63, 3.8) is 0 Å². The topological polar surface area (TPSA) is 48.7 Å². The van der Waals surface area contributed by atoms with Gasteiger partial charge in [0.1, 0.15) is 11.2 Å². The van der Waals surface area contributed by atoms with Crippen molar-refractivity contribution >= 4 is 17.2 Å². The molecule has 17 heavy (non-hydrogen) atoms. The third-order valence-corrected chi connectivity index (χ3v) is 3.92. The van der Waals surface area contributed by atoms with Crippen LogP contribution in [0.3, 0.4) is 0 Å². The fourth-order valence-electron chi connectivity index (χ4n) is 2.76. The van der Waals surface area contributed by atoms with Gasteiger partial charge in [-0.15, -0.1) is 0 Å². The Morgan fingerprint density at radius 2 is 2.41 bits per heavy atom. The van der Waals surface area contributed by atoms with E-state index in [1.54, 1.807) is 6.20 Å². The van der Waals surface area contributed by atoms with Crippen molar-refractivity contribution in [2.75, 3.05) is 6.54 Å². The van der Waals surface area contributed by atoms with Gasteiger partial charge < -0.3 is 5.32 Å². The number of halogens is 1. The molecule has 1 saturated heterocycles. The molecule has 0 radical (unpaired) electrons. The molecule has 1 aliphatic heterocycles. The normalized spacial score (nSPS) is 26.5. The van der Waals surface area contributed by atoms with E-state index in [-0.39, 0.29) is 5.15 Å². The number of hydrogen-bond acceptors (Lipinski definition) is 3. The van der Waals surface area contributed by atoms with Gasteiger partial charge in [0.25, 0.3) is 0 Å². The molecule has 2 heterocycles. The predicted octanol–water partition coefficient (Wildman–Crippen LogP) is 2.37. The summed E-state index contributed by atoms with van der Waals surface area (Å²) < 4.78 is 0. The molecule has 1 aromatic heterocycles. The van der Waals surface area contributed by atoms with Crippen LogP contribution in [0.4, 0.5) is 0 Å². The Bertz CT molecular complexity index is 530. The zero-order valence-corrected chi connectivity index (χ0v) is 10.0. The Balaban J connectivity index is 1.98. The number of pyridine rings is 1. The summed E-state index contributed by atoms with van der Waals surface area (Å²) in [5.74, 6) is 0.714. The Morgan fingerprint density at radius 1 is 1.53 bits per heavy atom. The third-order valence-electron chi connectivity index (χ3n) is 3.62. The van der Waals surface area contributed by atoms with E-state index in [4.69, 9.17) is 16.9 Å². The van der Waals surface area contributed by atoms with Crippen LogP contribution in [-0.2, 0) is 0 Å². The first-order valence-electron chi connectivity index (χ1n) is 5.79. The lowest BCUT2D eigenvalue weighted by molar-refractivity contribution is 0.557. The third kappa shape index (κ3) is 1.74. The fourth-order valence-corrected chi connectivity index (χ4v) is 2.91. The van der Waals surface area contributed by atoms with Gasteiger partial charge in [-0.3, -0.25) is 0 Å². The minimum atomic E-state index is 0.283. The quantitative estimate of drug-likeness (QED) is 0.773. The highest BCUT2D eigenvalue weighted by molar-refractivity contribution is 6.30. The molecule has 0 bridgehead atoms. The summed E-state index contributed by atoms with van der Waals surface area (Å²) in [5, 5.41) is 12.8. The van der Waals surface area contributed by atoms with Gasteiger partial charge in [0, 0.05) is 12.2 Å². The Morgan fingerprint density at radius 3 is 3.24 bits per heavy atom. The standard InChI is InChI=1S/C13H12ClN3/c14-13-9(6-15)5-10(7-17-13)11-2-1-8-3-4-16-12(8)11/h2,5,7-8,12,16H,1,3-4H2. The summed E-state index contributed by atoms with van der Waals surface area (Å²) in [5.41, 5.74) is 2.74. The van der Waals surface area contributed by atoms with Gasteiger partial charge in [0.05, 0.1) is 5.56 Å². The molecule has 2 unspecified atom stereocenters. The highest BCUT2D eigenvalue weighted by Gasteiger charge is 2.34.